The van der Waals surface area contributed by atoms with Crippen LogP contribution in [0.2, 0.25) is 0 Å². The summed E-state index contributed by atoms with van der Waals surface area (Å²) in [6.07, 6.45) is 0. The first-order chi connectivity index (χ1) is 15.2. The van der Waals surface area contributed by atoms with Gasteiger partial charge in [0.15, 0.2) is 17.5 Å². The van der Waals surface area contributed by atoms with Crippen molar-refractivity contribution in [1.29, 1.82) is 0 Å². The van der Waals surface area contributed by atoms with Gasteiger partial charge in [-0.25, -0.2) is 35.1 Å². The number of benzene rings is 5. The molecule has 0 atom stereocenters. The Kier molecular flexibility index (Phi) is 4.37. The lowest BCUT2D eigenvalue weighted by atomic mass is 9.92. The van der Waals surface area contributed by atoms with E-state index in [-0.39, 0.29) is 10.8 Å². The van der Waals surface area contributed by atoms with E-state index in [2.05, 4.69) is 0 Å². The molecule has 0 aliphatic carbocycles. The molecule has 160 valence electrons. The van der Waals surface area contributed by atoms with Crippen molar-refractivity contribution in [3.63, 3.8) is 0 Å². The summed E-state index contributed by atoms with van der Waals surface area (Å²) in [7, 11) is 0. The molecular weight excluding hydrogens is 440 g/mol. The maximum Gasteiger partial charge on any atom is 0.195 e. The molecule has 0 heterocycles. The zero-order valence-corrected chi connectivity index (χ0v) is 15.6. The molecule has 5 rings (SSSR count). The van der Waals surface area contributed by atoms with Gasteiger partial charge in [0.05, 0.1) is 16.2 Å². The van der Waals surface area contributed by atoms with Crippen LogP contribution < -0.4 is 0 Å². The van der Waals surface area contributed by atoms with Crippen molar-refractivity contribution in [3.05, 3.63) is 95.1 Å². The fourth-order valence-electron chi connectivity index (χ4n) is 4.01. The Labute approximate surface area is 174 Å². The van der Waals surface area contributed by atoms with Crippen LogP contribution in [0.5, 0.6) is 0 Å². The summed E-state index contributed by atoms with van der Waals surface area (Å²) in [4.78, 5) is 0. The lowest BCUT2D eigenvalue weighted by Gasteiger charge is -2.15. The normalized spacial score (nSPS) is 11.8. The van der Waals surface area contributed by atoms with Crippen molar-refractivity contribution < 1.29 is 35.1 Å². The molecule has 0 nitrogen and oxygen atoms in total. The van der Waals surface area contributed by atoms with Crippen molar-refractivity contribution in [2.24, 2.45) is 0 Å². The number of hydrogen-bond acceptors (Lipinski definition) is 0. The Morgan fingerprint density at radius 3 is 1.94 bits per heavy atom. The Morgan fingerprint density at radius 2 is 1.19 bits per heavy atom. The Balaban J connectivity index is 1.98. The quantitative estimate of drug-likeness (QED) is 0.139. The molecule has 0 radical (unpaired) electrons. The molecule has 0 spiro atoms. The molecule has 8 heteroatoms. The molecule has 0 saturated heterocycles. The molecule has 0 saturated carbocycles. The van der Waals surface area contributed by atoms with Gasteiger partial charge in [-0.1, -0.05) is 12.1 Å². The van der Waals surface area contributed by atoms with Crippen LogP contribution in [0.4, 0.5) is 35.1 Å². The standard InChI is InChI=1S/C24H8F8/c25-12-5-10-4-11(7-15(27)18(10)16(28)8-12)17-13-6-9-2-1-3-14(26)19(9)21(29)20(13)23(31)24(32)22(17)30/h1-8H. The minimum absolute atomic E-state index is 0.0833. The molecule has 0 amide bonds. The fourth-order valence-corrected chi connectivity index (χ4v) is 4.01. The van der Waals surface area contributed by atoms with E-state index in [0.29, 0.717) is 12.1 Å². The molecule has 0 unspecified atom stereocenters. The Bertz CT molecular complexity index is 1600. The highest BCUT2D eigenvalue weighted by molar-refractivity contribution is 6.07. The van der Waals surface area contributed by atoms with Gasteiger partial charge in [0.2, 0.25) is 0 Å². The summed E-state index contributed by atoms with van der Waals surface area (Å²) in [6.45, 7) is 0. The first kappa shape index (κ1) is 20.2. The van der Waals surface area contributed by atoms with Gasteiger partial charge in [-0.2, -0.15) is 0 Å². The monoisotopic (exact) mass is 448 g/mol. The van der Waals surface area contributed by atoms with E-state index in [4.69, 9.17) is 0 Å². The van der Waals surface area contributed by atoms with Gasteiger partial charge in [0.1, 0.15) is 29.1 Å². The SMILES string of the molecule is Fc1cc(F)c2c(F)cc(-c3c(F)c(F)c(F)c4c(F)c5c(F)cccc5cc34)cc2c1. The maximum atomic E-state index is 15.1. The third-order valence-corrected chi connectivity index (χ3v) is 5.35. The van der Waals surface area contributed by atoms with Crippen molar-refractivity contribution in [1.82, 2.24) is 0 Å². The van der Waals surface area contributed by atoms with Crippen molar-refractivity contribution in [2.45, 2.75) is 0 Å². The Hall–Kier alpha value is -3.68. The summed E-state index contributed by atoms with van der Waals surface area (Å²) in [5.41, 5.74) is -1.16. The smallest absolute Gasteiger partial charge is 0.195 e. The molecule has 0 aliphatic heterocycles. The van der Waals surface area contributed by atoms with Crippen molar-refractivity contribution in [3.8, 4) is 11.1 Å². The number of halogens is 8. The van der Waals surface area contributed by atoms with Gasteiger partial charge in [-0.05, 0) is 52.1 Å². The summed E-state index contributed by atoms with van der Waals surface area (Å²) >= 11 is 0. The average Bonchev–Trinajstić information content (AvgIpc) is 2.71. The number of hydrogen-bond donors (Lipinski definition) is 0. The lowest BCUT2D eigenvalue weighted by molar-refractivity contribution is 0.453. The zero-order valence-electron chi connectivity index (χ0n) is 15.6. The van der Waals surface area contributed by atoms with Crippen LogP contribution in [0.3, 0.4) is 0 Å². The molecular formula is C24H8F8. The number of rotatable bonds is 1. The average molecular weight is 448 g/mol. The highest BCUT2D eigenvalue weighted by Crippen LogP contribution is 2.41. The van der Waals surface area contributed by atoms with E-state index in [1.54, 1.807) is 0 Å². The molecule has 0 bridgehead atoms. The molecule has 32 heavy (non-hydrogen) atoms. The second kappa shape index (κ2) is 6.91. The van der Waals surface area contributed by atoms with E-state index in [9.17, 15) is 30.7 Å². The van der Waals surface area contributed by atoms with Crippen LogP contribution in [0.25, 0.3) is 43.4 Å². The van der Waals surface area contributed by atoms with Crippen LogP contribution in [0.1, 0.15) is 0 Å². The third kappa shape index (κ3) is 2.75. The summed E-state index contributed by atoms with van der Waals surface area (Å²) in [6, 6.07) is 7.30. The number of fused-ring (bicyclic) bond motifs is 3. The molecule has 0 aliphatic rings. The highest BCUT2D eigenvalue weighted by atomic mass is 19.2. The zero-order chi connectivity index (χ0) is 22.9. The minimum Gasteiger partial charge on any atom is -0.207 e. The van der Waals surface area contributed by atoms with Gasteiger partial charge >= 0.3 is 0 Å². The summed E-state index contributed by atoms with van der Waals surface area (Å²) in [5, 5.41) is -3.18. The highest BCUT2D eigenvalue weighted by Gasteiger charge is 2.26. The maximum absolute atomic E-state index is 15.1. The van der Waals surface area contributed by atoms with Gasteiger partial charge in [-0.15, -0.1) is 0 Å². The molecule has 0 N–H and O–H groups in total. The minimum atomic E-state index is -2.06. The first-order valence-corrected chi connectivity index (χ1v) is 9.14. The lowest BCUT2D eigenvalue weighted by Crippen LogP contribution is -2.01. The molecule has 0 fully saturated rings. The van der Waals surface area contributed by atoms with Crippen LogP contribution >= 0.6 is 0 Å². The molecule has 5 aromatic carbocycles. The van der Waals surface area contributed by atoms with Crippen LogP contribution in [-0.4, -0.2) is 0 Å². The summed E-state index contributed by atoms with van der Waals surface area (Å²) < 4.78 is 115. The van der Waals surface area contributed by atoms with E-state index in [1.165, 1.54) is 12.1 Å². The fraction of sp³-hybridized carbons (Fsp3) is 0. The second-order valence-corrected chi connectivity index (χ2v) is 7.21. The van der Waals surface area contributed by atoms with Gasteiger partial charge in [0.25, 0.3) is 0 Å². The second-order valence-electron chi connectivity index (χ2n) is 7.21. The van der Waals surface area contributed by atoms with Crippen LogP contribution in [0, 0.1) is 46.5 Å². The van der Waals surface area contributed by atoms with E-state index in [1.807, 2.05) is 0 Å². The van der Waals surface area contributed by atoms with Crippen molar-refractivity contribution in [2.75, 3.05) is 0 Å². The predicted molar refractivity (Wildman–Crippen MR) is 104 cm³/mol. The Morgan fingerprint density at radius 1 is 0.469 bits per heavy atom. The third-order valence-electron chi connectivity index (χ3n) is 5.35. The van der Waals surface area contributed by atoms with E-state index in [0.717, 1.165) is 24.3 Å². The van der Waals surface area contributed by atoms with E-state index >= 15 is 4.39 Å². The molecule has 0 aromatic heterocycles. The largest absolute Gasteiger partial charge is 0.207 e. The van der Waals surface area contributed by atoms with Crippen LogP contribution in [0.15, 0.2) is 48.5 Å². The van der Waals surface area contributed by atoms with Crippen molar-refractivity contribution >= 4 is 32.3 Å². The topological polar surface area (TPSA) is 0 Å². The van der Waals surface area contributed by atoms with Gasteiger partial charge in [-0.3, -0.25) is 0 Å². The van der Waals surface area contributed by atoms with Gasteiger partial charge in [0, 0.05) is 11.6 Å². The summed E-state index contributed by atoms with van der Waals surface area (Å²) in [5.74, 6) is -11.7. The molecule has 5 aromatic rings. The first-order valence-electron chi connectivity index (χ1n) is 9.14. The van der Waals surface area contributed by atoms with Crippen LogP contribution in [-0.2, 0) is 0 Å². The predicted octanol–water partition coefficient (Wildman–Crippen LogP) is 7.93. The van der Waals surface area contributed by atoms with E-state index < -0.39 is 79.2 Å². The van der Waals surface area contributed by atoms with Gasteiger partial charge < -0.3 is 0 Å².